The summed E-state index contributed by atoms with van der Waals surface area (Å²) in [6.07, 6.45) is 7.76. The Balaban J connectivity index is 1.72. The summed E-state index contributed by atoms with van der Waals surface area (Å²) >= 11 is 3.65. The van der Waals surface area contributed by atoms with Gasteiger partial charge in [0.1, 0.15) is 0 Å². The Kier molecular flexibility index (Phi) is 8.10. The molecule has 3 rings (SSSR count). The number of nitrogens with zero attached hydrogens (tertiary/aromatic N) is 1. The van der Waals surface area contributed by atoms with Crippen LogP contribution in [-0.2, 0) is 9.53 Å². The summed E-state index contributed by atoms with van der Waals surface area (Å²) in [5.41, 5.74) is 4.05. The lowest BCUT2D eigenvalue weighted by Gasteiger charge is -2.36. The van der Waals surface area contributed by atoms with Gasteiger partial charge in [0.2, 0.25) is 0 Å². The predicted octanol–water partition coefficient (Wildman–Crippen LogP) is 6.30. The first kappa shape index (κ1) is 22.3. The molecule has 2 atom stereocenters. The van der Waals surface area contributed by atoms with Crippen molar-refractivity contribution in [1.82, 2.24) is 4.90 Å². The van der Waals surface area contributed by atoms with Gasteiger partial charge in [0, 0.05) is 27.9 Å². The lowest BCUT2D eigenvalue weighted by molar-refractivity contribution is -0.151. The van der Waals surface area contributed by atoms with Crippen LogP contribution in [0.5, 0.6) is 0 Å². The third-order valence-electron chi connectivity index (χ3n) is 5.93. The van der Waals surface area contributed by atoms with Crippen molar-refractivity contribution in [2.75, 3.05) is 20.2 Å². The fourth-order valence-corrected chi connectivity index (χ4v) is 6.34. The number of hydrogen-bond donors (Lipinski definition) is 0. The smallest absolute Gasteiger partial charge is 0.310 e. The summed E-state index contributed by atoms with van der Waals surface area (Å²) in [6.45, 7) is 7.71. The molecule has 0 radical (unpaired) electrons. The molecule has 1 aliphatic rings. The molecule has 1 fully saturated rings. The minimum absolute atomic E-state index is 0.0105. The Bertz CT molecular complexity index is 793. The fourth-order valence-electron chi connectivity index (χ4n) is 4.33. The lowest BCUT2D eigenvalue weighted by atomic mass is 9.83. The van der Waals surface area contributed by atoms with Gasteiger partial charge in [-0.25, -0.2) is 0 Å². The van der Waals surface area contributed by atoms with Gasteiger partial charge in [0.05, 0.1) is 12.5 Å². The van der Waals surface area contributed by atoms with Crippen LogP contribution in [0.15, 0.2) is 29.0 Å². The number of ether oxygens (including phenoxy) is 1. The average Bonchev–Trinajstić information content (AvgIpc) is 3.33. The molecule has 2 aromatic rings. The molecular weight excluding hydrogens is 398 g/mol. The van der Waals surface area contributed by atoms with E-state index in [-0.39, 0.29) is 11.9 Å². The Morgan fingerprint density at radius 2 is 1.76 bits per heavy atom. The second-order valence-corrected chi connectivity index (χ2v) is 9.80. The maximum absolute atomic E-state index is 12.4. The monoisotopic (exact) mass is 431 g/mol. The van der Waals surface area contributed by atoms with Crippen molar-refractivity contribution in [1.29, 1.82) is 0 Å². The zero-order valence-corrected chi connectivity index (χ0v) is 19.7. The highest BCUT2D eigenvalue weighted by Gasteiger charge is 2.34. The van der Waals surface area contributed by atoms with Gasteiger partial charge in [-0.1, -0.05) is 18.9 Å². The number of rotatable bonds is 8. The molecule has 0 N–H and O–H groups in total. The van der Waals surface area contributed by atoms with Crippen molar-refractivity contribution < 1.29 is 9.53 Å². The summed E-state index contributed by atoms with van der Waals surface area (Å²) in [7, 11) is 2.17. The van der Waals surface area contributed by atoms with Crippen LogP contribution in [0.1, 0.15) is 59.9 Å². The highest BCUT2D eigenvalue weighted by Crippen LogP contribution is 2.36. The molecule has 0 spiro atoms. The molecule has 0 amide bonds. The molecule has 0 bridgehead atoms. The van der Waals surface area contributed by atoms with E-state index in [9.17, 15) is 4.79 Å². The van der Waals surface area contributed by atoms with Crippen LogP contribution in [0.4, 0.5) is 0 Å². The van der Waals surface area contributed by atoms with Gasteiger partial charge in [-0.15, -0.1) is 22.7 Å². The van der Waals surface area contributed by atoms with Gasteiger partial charge in [-0.3, -0.25) is 4.79 Å². The van der Waals surface area contributed by atoms with E-state index in [0.717, 1.165) is 32.2 Å². The van der Waals surface area contributed by atoms with E-state index in [4.69, 9.17) is 4.74 Å². The van der Waals surface area contributed by atoms with Crippen molar-refractivity contribution in [3.8, 4) is 0 Å². The molecule has 0 aromatic carbocycles. The van der Waals surface area contributed by atoms with E-state index in [1.165, 1.54) is 32.9 Å². The molecule has 0 aliphatic heterocycles. The van der Waals surface area contributed by atoms with Gasteiger partial charge >= 0.3 is 5.97 Å². The topological polar surface area (TPSA) is 29.5 Å². The van der Waals surface area contributed by atoms with Crippen LogP contribution >= 0.6 is 22.7 Å². The summed E-state index contributed by atoms with van der Waals surface area (Å²) in [6, 6.07) is 4.70. The van der Waals surface area contributed by atoms with Crippen molar-refractivity contribution in [3.63, 3.8) is 0 Å². The minimum atomic E-state index is -0.0105. The van der Waals surface area contributed by atoms with E-state index in [1.807, 2.05) is 29.6 Å². The van der Waals surface area contributed by atoms with Crippen LogP contribution in [0.3, 0.4) is 0 Å². The second kappa shape index (κ2) is 10.6. The fraction of sp³-hybridized carbons (Fsp3) is 0.542. The van der Waals surface area contributed by atoms with Crippen molar-refractivity contribution in [3.05, 3.63) is 49.9 Å². The molecule has 3 nitrogen and oxygen atoms in total. The summed E-state index contributed by atoms with van der Waals surface area (Å²) in [5, 5.41) is 4.36. The maximum Gasteiger partial charge on any atom is 0.310 e. The lowest BCUT2D eigenvalue weighted by Crippen LogP contribution is -2.44. The number of hydrogen-bond acceptors (Lipinski definition) is 5. The van der Waals surface area contributed by atoms with E-state index >= 15 is 0 Å². The number of carbonyl (C=O) groups excluding carboxylic acids is 1. The van der Waals surface area contributed by atoms with Crippen LogP contribution < -0.4 is 0 Å². The zero-order valence-electron chi connectivity index (χ0n) is 18.1. The minimum Gasteiger partial charge on any atom is -0.466 e. The van der Waals surface area contributed by atoms with E-state index in [1.54, 1.807) is 0 Å². The predicted molar refractivity (Wildman–Crippen MR) is 125 cm³/mol. The van der Waals surface area contributed by atoms with Crippen molar-refractivity contribution in [2.45, 2.75) is 58.9 Å². The zero-order chi connectivity index (χ0) is 20.8. The van der Waals surface area contributed by atoms with Crippen LogP contribution in [-0.4, -0.2) is 37.1 Å². The van der Waals surface area contributed by atoms with Crippen LogP contribution in [0.2, 0.25) is 0 Å². The Labute approximate surface area is 183 Å². The molecule has 1 aliphatic carbocycles. The van der Waals surface area contributed by atoms with Gasteiger partial charge in [-0.05, 0) is 81.1 Å². The quantitative estimate of drug-likeness (QED) is 0.459. The van der Waals surface area contributed by atoms with E-state index in [2.05, 4.69) is 54.8 Å². The van der Waals surface area contributed by atoms with Gasteiger partial charge in [0.25, 0.3) is 0 Å². The van der Waals surface area contributed by atoms with E-state index < -0.39 is 0 Å². The first-order valence-corrected chi connectivity index (χ1v) is 12.4. The molecule has 2 heterocycles. The third kappa shape index (κ3) is 5.39. The first-order chi connectivity index (χ1) is 14.0. The molecule has 5 heteroatoms. The molecule has 0 saturated heterocycles. The summed E-state index contributed by atoms with van der Waals surface area (Å²) in [4.78, 5) is 17.6. The van der Waals surface area contributed by atoms with Gasteiger partial charge in [0.15, 0.2) is 0 Å². The highest BCUT2D eigenvalue weighted by atomic mass is 32.1. The van der Waals surface area contributed by atoms with Crippen molar-refractivity contribution >= 4 is 34.2 Å². The summed E-state index contributed by atoms with van der Waals surface area (Å²) < 4.78 is 5.35. The molecule has 0 unspecified atom stereocenters. The Hall–Kier alpha value is -1.43. The van der Waals surface area contributed by atoms with E-state index in [0.29, 0.717) is 12.6 Å². The maximum atomic E-state index is 12.4. The molecule has 1 saturated carbocycles. The number of esters is 1. The number of aryl methyl sites for hydroxylation is 2. The Morgan fingerprint density at radius 3 is 2.31 bits per heavy atom. The largest absolute Gasteiger partial charge is 0.466 e. The van der Waals surface area contributed by atoms with Gasteiger partial charge in [-0.2, -0.15) is 0 Å². The van der Waals surface area contributed by atoms with Crippen LogP contribution in [0, 0.1) is 19.8 Å². The highest BCUT2D eigenvalue weighted by molar-refractivity contribution is 7.14. The number of thiophene rings is 2. The SMILES string of the molecule is CCOC(=O)[C@H]1CCCC[C@@H]1N(C)CCC=C(c1sccc1C)c1sccc1C. The standard InChI is InChI=1S/C24H33NO2S2/c1-5-27-24(26)19-9-6-7-11-21(19)25(4)14-8-10-20(22-17(2)12-15-28-22)23-18(3)13-16-29-23/h10,12-13,15-16,19,21H,5-9,11,14H2,1-4H3/t19-,21-/m0/s1. The first-order valence-electron chi connectivity index (χ1n) is 10.7. The average molecular weight is 432 g/mol. The Morgan fingerprint density at radius 1 is 1.14 bits per heavy atom. The van der Waals surface area contributed by atoms with Crippen LogP contribution in [0.25, 0.3) is 5.57 Å². The van der Waals surface area contributed by atoms with Crippen molar-refractivity contribution in [2.24, 2.45) is 5.92 Å². The number of carbonyl (C=O) groups is 1. The third-order valence-corrected chi connectivity index (χ3v) is 8.03. The normalized spacial score (nSPS) is 19.3. The second-order valence-electron chi connectivity index (χ2n) is 7.96. The molecule has 29 heavy (non-hydrogen) atoms. The summed E-state index contributed by atoms with van der Waals surface area (Å²) in [5.74, 6) is 0.0138. The molecule has 158 valence electrons. The molecule has 2 aromatic heterocycles. The molecular formula is C24H33NO2S2. The van der Waals surface area contributed by atoms with Gasteiger partial charge < -0.3 is 9.64 Å².